The molecule has 1 aliphatic rings. The van der Waals surface area contributed by atoms with Crippen LogP contribution in [0.15, 0.2) is 30.6 Å². The Balaban J connectivity index is 1.58. The van der Waals surface area contributed by atoms with Crippen LogP contribution in [0.3, 0.4) is 0 Å². The Kier molecular flexibility index (Phi) is 11.6. The summed E-state index contributed by atoms with van der Waals surface area (Å²) in [5.74, 6) is -1.41. The van der Waals surface area contributed by atoms with Crippen LogP contribution in [0.1, 0.15) is 42.1 Å². The van der Waals surface area contributed by atoms with E-state index in [4.69, 9.17) is 16.3 Å². The summed E-state index contributed by atoms with van der Waals surface area (Å²) in [7, 11) is 1.60. The number of benzene rings is 1. The van der Waals surface area contributed by atoms with E-state index in [-0.39, 0.29) is 21.8 Å². The summed E-state index contributed by atoms with van der Waals surface area (Å²) in [6.45, 7) is 7.34. The van der Waals surface area contributed by atoms with Gasteiger partial charge in [-0.3, -0.25) is 19.8 Å². The van der Waals surface area contributed by atoms with Crippen molar-refractivity contribution >= 4 is 45.8 Å². The Bertz CT molecular complexity index is 1470. The topological polar surface area (TPSA) is 130 Å². The lowest BCUT2D eigenvalue weighted by Gasteiger charge is -2.30. The highest BCUT2D eigenvalue weighted by Gasteiger charge is 2.32. The molecular weight excluding hydrogens is 637 g/mol. The predicted octanol–water partition coefficient (Wildman–Crippen LogP) is 5.81. The zero-order valence-electron chi connectivity index (χ0n) is 24.9. The number of methoxy groups -OCH3 is 1. The minimum absolute atomic E-state index is 0.0252. The van der Waals surface area contributed by atoms with Crippen LogP contribution in [0.2, 0.25) is 5.02 Å². The first kappa shape index (κ1) is 34.3. The van der Waals surface area contributed by atoms with Gasteiger partial charge in [0.15, 0.2) is 5.13 Å². The number of anilines is 2. The van der Waals surface area contributed by atoms with Gasteiger partial charge in [0.25, 0.3) is 5.91 Å². The number of carbonyl (C=O) groups is 2. The van der Waals surface area contributed by atoms with E-state index in [2.05, 4.69) is 43.8 Å². The molecule has 1 aromatic carbocycles. The molecule has 1 fully saturated rings. The highest BCUT2D eigenvalue weighted by atomic mass is 35.5. The number of halogens is 4. The van der Waals surface area contributed by atoms with Crippen LogP contribution >= 0.6 is 22.9 Å². The number of ether oxygens (including phenoxy) is 2. The first-order valence-corrected chi connectivity index (χ1v) is 15.4. The SMILES string of the molecule is COCCN(Cc1sc(NC(=O)c2cnc(N3CCC(C(=O)O)CC3)cn2)nc1-c1cc(Cl)cc(OC(F)(F)F)c1)CC(C)C. The van der Waals surface area contributed by atoms with Gasteiger partial charge in [0.1, 0.15) is 17.3 Å². The number of carboxylic acid groups (broad SMARTS) is 1. The van der Waals surface area contributed by atoms with Crippen LogP contribution in [-0.2, 0) is 16.1 Å². The molecule has 4 rings (SSSR count). The lowest BCUT2D eigenvalue weighted by Crippen LogP contribution is -2.36. The van der Waals surface area contributed by atoms with Gasteiger partial charge in [0, 0.05) is 55.3 Å². The fourth-order valence-electron chi connectivity index (χ4n) is 4.92. The molecular formula is C29H34ClF3N6O5S. The van der Waals surface area contributed by atoms with Crippen molar-refractivity contribution in [3.63, 3.8) is 0 Å². The number of piperidine rings is 1. The molecule has 0 saturated carbocycles. The molecule has 45 heavy (non-hydrogen) atoms. The first-order chi connectivity index (χ1) is 21.3. The van der Waals surface area contributed by atoms with Crippen LogP contribution < -0.4 is 15.0 Å². The Labute approximate surface area is 267 Å². The number of hydrogen-bond acceptors (Lipinski definition) is 10. The third-order valence-corrected chi connectivity index (χ3v) is 8.11. The monoisotopic (exact) mass is 670 g/mol. The number of aliphatic carboxylic acids is 1. The van der Waals surface area contributed by atoms with E-state index in [9.17, 15) is 27.9 Å². The molecule has 1 amide bonds. The molecule has 2 aromatic heterocycles. The summed E-state index contributed by atoms with van der Waals surface area (Å²) in [6.07, 6.45) is -1.14. The Hall–Kier alpha value is -3.53. The molecule has 244 valence electrons. The molecule has 11 nitrogen and oxygen atoms in total. The number of rotatable bonds is 13. The Morgan fingerprint density at radius 2 is 1.93 bits per heavy atom. The average molecular weight is 671 g/mol. The van der Waals surface area contributed by atoms with Crippen molar-refractivity contribution in [1.29, 1.82) is 0 Å². The molecule has 0 unspecified atom stereocenters. The van der Waals surface area contributed by atoms with Gasteiger partial charge in [-0.05, 0) is 37.0 Å². The number of alkyl halides is 3. The van der Waals surface area contributed by atoms with E-state index in [0.717, 1.165) is 12.6 Å². The molecule has 16 heteroatoms. The smallest absolute Gasteiger partial charge is 0.481 e. The van der Waals surface area contributed by atoms with E-state index < -0.39 is 24.0 Å². The molecule has 1 aliphatic heterocycles. The van der Waals surface area contributed by atoms with E-state index in [1.54, 1.807) is 7.11 Å². The lowest BCUT2D eigenvalue weighted by molar-refractivity contribution is -0.274. The number of nitrogens with one attached hydrogen (secondary N) is 1. The first-order valence-electron chi connectivity index (χ1n) is 14.2. The number of amides is 1. The normalized spacial score (nSPS) is 14.3. The summed E-state index contributed by atoms with van der Waals surface area (Å²) in [5.41, 5.74) is 0.672. The Morgan fingerprint density at radius 1 is 1.20 bits per heavy atom. The second-order valence-electron chi connectivity index (χ2n) is 10.9. The molecule has 0 spiro atoms. The Morgan fingerprint density at radius 3 is 2.53 bits per heavy atom. The van der Waals surface area contributed by atoms with Gasteiger partial charge in [0.2, 0.25) is 0 Å². The van der Waals surface area contributed by atoms with Crippen LogP contribution in [-0.4, -0.2) is 83.1 Å². The maximum atomic E-state index is 13.1. The van der Waals surface area contributed by atoms with Crippen LogP contribution in [0.5, 0.6) is 5.75 Å². The third-order valence-electron chi connectivity index (χ3n) is 6.94. The van der Waals surface area contributed by atoms with Crippen LogP contribution in [0, 0.1) is 11.8 Å². The molecule has 2 N–H and O–H groups in total. The lowest BCUT2D eigenvalue weighted by atomic mass is 9.97. The number of hydrogen-bond donors (Lipinski definition) is 2. The van der Waals surface area contributed by atoms with Gasteiger partial charge in [-0.2, -0.15) is 0 Å². The summed E-state index contributed by atoms with van der Waals surface area (Å²) in [6, 6.07) is 3.75. The summed E-state index contributed by atoms with van der Waals surface area (Å²) < 4.78 is 48.4. The predicted molar refractivity (Wildman–Crippen MR) is 164 cm³/mol. The fourth-order valence-corrected chi connectivity index (χ4v) is 6.17. The second kappa shape index (κ2) is 15.2. The number of carboxylic acids is 1. The van der Waals surface area contributed by atoms with Gasteiger partial charge >= 0.3 is 12.3 Å². The van der Waals surface area contributed by atoms with Crippen molar-refractivity contribution in [2.45, 2.75) is 39.6 Å². The van der Waals surface area contributed by atoms with Crippen molar-refractivity contribution in [2.75, 3.05) is 50.1 Å². The minimum Gasteiger partial charge on any atom is -0.481 e. The van der Waals surface area contributed by atoms with Crippen molar-refractivity contribution in [3.8, 4) is 17.0 Å². The zero-order chi connectivity index (χ0) is 32.7. The van der Waals surface area contributed by atoms with Gasteiger partial charge in [-0.15, -0.1) is 13.2 Å². The second-order valence-corrected chi connectivity index (χ2v) is 12.5. The van der Waals surface area contributed by atoms with Gasteiger partial charge in [0.05, 0.1) is 30.6 Å². The number of aromatic nitrogens is 3. The standard InChI is InChI=1S/C29H34ClF3N6O5S/c1-17(2)15-38(8-9-43-3)16-23-25(19-10-20(30)12-21(11-19)44-29(31,32)33)36-28(45-23)37-26(40)22-13-35-24(14-34-22)39-6-4-18(5-7-39)27(41)42/h10-14,17-18H,4-9,15-16H2,1-3H3,(H,41,42)(H,36,37,40). The van der Waals surface area contributed by atoms with Gasteiger partial charge < -0.3 is 19.5 Å². The van der Waals surface area contributed by atoms with Crippen LogP contribution in [0.4, 0.5) is 24.1 Å². The van der Waals surface area contributed by atoms with Crippen molar-refractivity contribution in [1.82, 2.24) is 19.9 Å². The maximum Gasteiger partial charge on any atom is 0.573 e. The van der Waals surface area contributed by atoms with E-state index in [0.29, 0.717) is 73.5 Å². The highest BCUT2D eigenvalue weighted by molar-refractivity contribution is 7.16. The maximum absolute atomic E-state index is 13.1. The zero-order valence-corrected chi connectivity index (χ0v) is 26.5. The van der Waals surface area contributed by atoms with E-state index in [1.807, 2.05) is 4.90 Å². The van der Waals surface area contributed by atoms with Crippen molar-refractivity contribution in [3.05, 3.63) is 46.2 Å². The van der Waals surface area contributed by atoms with Crippen molar-refractivity contribution in [2.24, 2.45) is 11.8 Å². The van der Waals surface area contributed by atoms with Gasteiger partial charge in [-0.25, -0.2) is 15.0 Å². The average Bonchev–Trinajstić information content (AvgIpc) is 3.36. The van der Waals surface area contributed by atoms with E-state index >= 15 is 0 Å². The largest absolute Gasteiger partial charge is 0.573 e. The van der Waals surface area contributed by atoms with Crippen LogP contribution in [0.25, 0.3) is 11.3 Å². The molecule has 0 atom stereocenters. The molecule has 0 aliphatic carbocycles. The molecule has 3 aromatic rings. The highest BCUT2D eigenvalue weighted by Crippen LogP contribution is 2.37. The number of thiazole rings is 1. The number of carbonyl (C=O) groups excluding carboxylic acids is 1. The number of nitrogens with zero attached hydrogens (tertiary/aromatic N) is 5. The minimum atomic E-state index is -4.91. The molecule has 3 heterocycles. The van der Waals surface area contributed by atoms with Crippen molar-refractivity contribution < 1.29 is 37.3 Å². The molecule has 1 saturated heterocycles. The van der Waals surface area contributed by atoms with E-state index in [1.165, 1.54) is 35.9 Å². The summed E-state index contributed by atoms with van der Waals surface area (Å²) in [5, 5.41) is 12.2. The summed E-state index contributed by atoms with van der Waals surface area (Å²) in [4.78, 5) is 42.3. The third kappa shape index (κ3) is 9.98. The molecule has 0 radical (unpaired) electrons. The fraction of sp³-hybridized carbons (Fsp3) is 0.483. The quantitative estimate of drug-likeness (QED) is 0.230. The summed E-state index contributed by atoms with van der Waals surface area (Å²) >= 11 is 7.36. The molecule has 0 bridgehead atoms. The van der Waals surface area contributed by atoms with Gasteiger partial charge in [-0.1, -0.05) is 36.8 Å².